The third-order valence-corrected chi connectivity index (χ3v) is 12.4. The second-order valence-electron chi connectivity index (χ2n) is 19.1. The molecule has 0 aliphatic carbocycles. The van der Waals surface area contributed by atoms with Crippen molar-refractivity contribution in [1.29, 1.82) is 0 Å². The zero-order chi connectivity index (χ0) is 48.7. The number of nitrogens with one attached hydrogen (secondary N) is 1. The van der Waals surface area contributed by atoms with Gasteiger partial charge in [0.05, 0.1) is 33.8 Å². The number of quaternary nitrogens is 1. The number of rotatable bonds is 47. The molecule has 0 aliphatic rings. The number of esters is 1. The number of nitrogens with zero attached hydrogens (tertiary/aromatic N) is 1. The van der Waals surface area contributed by atoms with Gasteiger partial charge >= 0.3 is 13.8 Å². The average Bonchev–Trinajstić information content (AvgIpc) is 3.27. The van der Waals surface area contributed by atoms with Gasteiger partial charge in [-0.3, -0.25) is 18.6 Å². The van der Waals surface area contributed by atoms with Crippen molar-refractivity contribution in [1.82, 2.24) is 5.32 Å². The lowest BCUT2D eigenvalue weighted by Crippen LogP contribution is -2.47. The third kappa shape index (κ3) is 46.6. The molecule has 1 amide bonds. The molecule has 0 saturated heterocycles. The van der Waals surface area contributed by atoms with E-state index in [2.05, 4.69) is 80.8 Å². The summed E-state index contributed by atoms with van der Waals surface area (Å²) in [7, 11) is 1.45. The maximum absolute atomic E-state index is 13.4. The summed E-state index contributed by atoms with van der Waals surface area (Å²) in [6.45, 7) is 6.80. The first-order valence-electron chi connectivity index (χ1n) is 26.8. The Morgan fingerprint density at radius 3 is 1.59 bits per heavy atom. The summed E-state index contributed by atoms with van der Waals surface area (Å²) in [6.07, 6.45) is 57.7. The zero-order valence-electron chi connectivity index (χ0n) is 43.4. The maximum atomic E-state index is 13.4. The van der Waals surface area contributed by atoms with E-state index in [1.807, 2.05) is 39.4 Å². The van der Waals surface area contributed by atoms with E-state index in [1.54, 1.807) is 0 Å². The highest BCUT2D eigenvalue weighted by Gasteiger charge is 2.30. The Balaban J connectivity index is 5.50. The maximum Gasteiger partial charge on any atom is 0.472 e. The molecule has 0 aromatic rings. The van der Waals surface area contributed by atoms with Crippen LogP contribution in [-0.2, 0) is 27.9 Å². The molecule has 0 bridgehead atoms. The monoisotopic (exact) mass is 946 g/mol. The van der Waals surface area contributed by atoms with Gasteiger partial charge in [0.2, 0.25) is 5.91 Å². The highest BCUT2D eigenvalue weighted by atomic mass is 31.2. The number of amides is 1. The van der Waals surface area contributed by atoms with Gasteiger partial charge in [0, 0.05) is 12.8 Å². The molecule has 0 aromatic heterocycles. The van der Waals surface area contributed by atoms with Crippen LogP contribution in [0.3, 0.4) is 0 Å². The molecule has 0 radical (unpaired) electrons. The van der Waals surface area contributed by atoms with Crippen molar-refractivity contribution in [2.75, 3.05) is 40.9 Å². The topological polar surface area (TPSA) is 111 Å². The van der Waals surface area contributed by atoms with Gasteiger partial charge in [-0.2, -0.15) is 0 Å². The van der Waals surface area contributed by atoms with Crippen LogP contribution in [0.15, 0.2) is 72.9 Å². The second kappa shape index (κ2) is 46.2. The highest BCUT2D eigenvalue weighted by molar-refractivity contribution is 7.47. The minimum atomic E-state index is -4.46. The van der Waals surface area contributed by atoms with Crippen LogP contribution < -0.4 is 5.32 Å². The molecule has 66 heavy (non-hydrogen) atoms. The van der Waals surface area contributed by atoms with E-state index in [9.17, 15) is 19.0 Å². The van der Waals surface area contributed by atoms with Crippen molar-refractivity contribution < 1.29 is 37.3 Å². The number of ether oxygens (including phenoxy) is 1. The van der Waals surface area contributed by atoms with Crippen LogP contribution >= 0.6 is 7.82 Å². The molecule has 0 saturated carbocycles. The number of hydrogen-bond donors (Lipinski definition) is 2. The fourth-order valence-electron chi connectivity index (χ4n) is 7.29. The van der Waals surface area contributed by atoms with Crippen LogP contribution in [0.4, 0.5) is 0 Å². The Bertz CT molecular complexity index is 1370. The van der Waals surface area contributed by atoms with Crippen LogP contribution in [-0.4, -0.2) is 74.3 Å². The van der Waals surface area contributed by atoms with Crippen LogP contribution in [0.2, 0.25) is 0 Å². The summed E-state index contributed by atoms with van der Waals surface area (Å²) in [5.74, 6) is -0.602. The van der Waals surface area contributed by atoms with Crippen molar-refractivity contribution in [3.8, 4) is 0 Å². The molecule has 10 heteroatoms. The molecular weight excluding hydrogens is 844 g/mol. The van der Waals surface area contributed by atoms with Crippen LogP contribution in [0.5, 0.6) is 0 Å². The van der Waals surface area contributed by atoms with E-state index in [1.165, 1.54) is 109 Å². The number of likely N-dealkylation sites (N-methyl/N-ethyl adjacent to an activating group) is 1. The standard InChI is InChI=1S/C56H101N2O7P/c1-7-10-13-16-19-22-25-28-29-31-33-36-39-42-45-48-55(59)57-53(52-64-66(61,62)63-51-50-58(4,5)6)54(47-44-41-38-35-32-27-24-21-18-15-12-9-3)65-56(60)49-46-43-40-37-34-30-26-23-20-17-14-11-8-2/h10,13,16,19,22,25,30,34,40,43-44,47,53-54H,7-9,11-12,14-15,17-18,20-21,23-24,26-29,31-33,35-39,41-42,45-46,48-52H2,1-6H3,(H-,57,59,61,62)/p+1/b13-10+,19-16+,25-22+,34-30-,43-40+,47-44+. The quantitative estimate of drug-likeness (QED) is 0.0156. The minimum absolute atomic E-state index is 0.0275. The smallest absolute Gasteiger partial charge is 0.456 e. The number of carbonyl (C=O) groups is 2. The second-order valence-corrected chi connectivity index (χ2v) is 20.5. The van der Waals surface area contributed by atoms with Gasteiger partial charge < -0.3 is 19.4 Å². The molecule has 0 spiro atoms. The molecule has 0 fully saturated rings. The SMILES string of the molecule is CC/C=C/C=C/C=C/CCCCCCCCCC(=O)NC(COP(=O)(O)OCC[N+](C)(C)C)C(/C=C/CCCCCCCCCCCC)OC(=O)CC/C=C/C/C=C\CCCCCCCC. The molecule has 0 heterocycles. The molecular formula is C56H102N2O7P+. The predicted molar refractivity (Wildman–Crippen MR) is 281 cm³/mol. The summed E-state index contributed by atoms with van der Waals surface area (Å²) in [5.41, 5.74) is 0. The van der Waals surface area contributed by atoms with E-state index >= 15 is 0 Å². The normalized spacial score (nSPS) is 14.5. The minimum Gasteiger partial charge on any atom is -0.456 e. The van der Waals surface area contributed by atoms with E-state index in [0.29, 0.717) is 23.9 Å². The van der Waals surface area contributed by atoms with E-state index in [4.69, 9.17) is 13.8 Å². The van der Waals surface area contributed by atoms with Crippen molar-refractivity contribution >= 4 is 19.7 Å². The highest BCUT2D eigenvalue weighted by Crippen LogP contribution is 2.43. The number of hydrogen-bond acceptors (Lipinski definition) is 6. The Labute approximate surface area is 406 Å². The molecule has 2 N–H and O–H groups in total. The van der Waals surface area contributed by atoms with Crippen molar-refractivity contribution in [2.45, 2.75) is 232 Å². The number of carbonyl (C=O) groups excluding carboxylic acids is 2. The van der Waals surface area contributed by atoms with Crippen LogP contribution in [0.25, 0.3) is 0 Å². The van der Waals surface area contributed by atoms with Crippen LogP contribution in [0, 0.1) is 0 Å². The molecule has 0 aliphatic heterocycles. The third-order valence-electron chi connectivity index (χ3n) is 11.5. The molecule has 3 unspecified atom stereocenters. The Morgan fingerprint density at radius 1 is 0.561 bits per heavy atom. The number of unbranched alkanes of at least 4 members (excludes halogenated alkanes) is 23. The van der Waals surface area contributed by atoms with Gasteiger partial charge in [-0.15, -0.1) is 0 Å². The summed E-state index contributed by atoms with van der Waals surface area (Å²) in [5, 5.41) is 3.02. The Hall–Kier alpha value is -2.55. The lowest BCUT2D eigenvalue weighted by atomic mass is 10.0. The van der Waals surface area contributed by atoms with E-state index < -0.39 is 25.9 Å². The molecule has 0 aromatic carbocycles. The lowest BCUT2D eigenvalue weighted by Gasteiger charge is -2.27. The first kappa shape index (κ1) is 63.5. The van der Waals surface area contributed by atoms with Gasteiger partial charge in [0.1, 0.15) is 19.3 Å². The number of phosphoric acid groups is 1. The summed E-state index contributed by atoms with van der Waals surface area (Å²) < 4.78 is 30.5. The van der Waals surface area contributed by atoms with E-state index in [0.717, 1.165) is 70.6 Å². The van der Waals surface area contributed by atoms with Crippen molar-refractivity contribution in [2.24, 2.45) is 0 Å². The molecule has 382 valence electrons. The summed E-state index contributed by atoms with van der Waals surface area (Å²) in [6, 6.07) is -0.877. The number of phosphoric ester groups is 1. The fraction of sp³-hybridized carbons (Fsp3) is 0.750. The first-order valence-corrected chi connectivity index (χ1v) is 28.3. The summed E-state index contributed by atoms with van der Waals surface area (Å²) >= 11 is 0. The van der Waals surface area contributed by atoms with Crippen molar-refractivity contribution in [3.63, 3.8) is 0 Å². The van der Waals surface area contributed by atoms with E-state index in [-0.39, 0.29) is 25.5 Å². The van der Waals surface area contributed by atoms with Gasteiger partial charge in [-0.25, -0.2) is 4.57 Å². The fourth-order valence-corrected chi connectivity index (χ4v) is 8.02. The molecule has 3 atom stereocenters. The molecule has 9 nitrogen and oxygen atoms in total. The lowest BCUT2D eigenvalue weighted by molar-refractivity contribution is -0.870. The zero-order valence-corrected chi connectivity index (χ0v) is 44.3. The van der Waals surface area contributed by atoms with Gasteiger partial charge in [-0.1, -0.05) is 210 Å². The molecule has 0 rings (SSSR count). The van der Waals surface area contributed by atoms with Gasteiger partial charge in [0.25, 0.3) is 0 Å². The summed E-state index contributed by atoms with van der Waals surface area (Å²) in [4.78, 5) is 37.4. The average molecular weight is 946 g/mol. The predicted octanol–water partition coefficient (Wildman–Crippen LogP) is 15.7. The number of allylic oxidation sites excluding steroid dienone is 11. The largest absolute Gasteiger partial charge is 0.472 e. The Kier molecular flexibility index (Phi) is 44.4. The van der Waals surface area contributed by atoms with Gasteiger partial charge in [-0.05, 0) is 70.3 Å². The van der Waals surface area contributed by atoms with Crippen LogP contribution in [0.1, 0.15) is 220 Å². The Morgan fingerprint density at radius 2 is 1.05 bits per heavy atom. The van der Waals surface area contributed by atoms with Gasteiger partial charge in [0.15, 0.2) is 0 Å². The van der Waals surface area contributed by atoms with Crippen molar-refractivity contribution in [3.05, 3.63) is 72.9 Å². The first-order chi connectivity index (χ1) is 31.9.